The second-order valence-electron chi connectivity index (χ2n) is 4.71. The van der Waals surface area contributed by atoms with Gasteiger partial charge in [0.15, 0.2) is 0 Å². The molecule has 0 radical (unpaired) electrons. The van der Waals surface area contributed by atoms with E-state index in [-0.39, 0.29) is 17.9 Å². The lowest BCUT2D eigenvalue weighted by Gasteiger charge is -2.26. The molecule has 0 aliphatic carbocycles. The molecular weight excluding hydrogens is 226 g/mol. The van der Waals surface area contributed by atoms with E-state index in [2.05, 4.69) is 16.7 Å². The van der Waals surface area contributed by atoms with Crippen LogP contribution in [-0.4, -0.2) is 18.5 Å². The van der Waals surface area contributed by atoms with Gasteiger partial charge in [0, 0.05) is 18.3 Å². The molecule has 2 rings (SSSR count). The van der Waals surface area contributed by atoms with Crippen LogP contribution in [0.1, 0.15) is 18.9 Å². The average Bonchev–Trinajstić information content (AvgIpc) is 2.38. The summed E-state index contributed by atoms with van der Waals surface area (Å²) in [7, 11) is 0. The van der Waals surface area contributed by atoms with Crippen molar-refractivity contribution in [1.82, 2.24) is 5.32 Å². The first-order chi connectivity index (χ1) is 8.70. The van der Waals surface area contributed by atoms with Crippen molar-refractivity contribution in [1.29, 1.82) is 5.26 Å². The maximum Gasteiger partial charge on any atom is 0.225 e. The first-order valence-corrected chi connectivity index (χ1v) is 6.20. The third kappa shape index (κ3) is 2.80. The third-order valence-corrected chi connectivity index (χ3v) is 3.18. The molecule has 1 aliphatic rings. The van der Waals surface area contributed by atoms with Gasteiger partial charge in [-0.1, -0.05) is 18.2 Å². The zero-order valence-electron chi connectivity index (χ0n) is 10.4. The smallest absolute Gasteiger partial charge is 0.225 e. The Labute approximate surface area is 107 Å². The minimum Gasteiger partial charge on any atom is -0.384 e. The molecule has 1 aliphatic heterocycles. The number of nitrogens with zero attached hydrogens (tertiary/aromatic N) is 1. The van der Waals surface area contributed by atoms with E-state index in [1.54, 1.807) is 0 Å². The highest BCUT2D eigenvalue weighted by Gasteiger charge is 2.24. The van der Waals surface area contributed by atoms with E-state index in [1.807, 2.05) is 31.2 Å². The normalized spacial score (nSPS) is 19.0. The van der Waals surface area contributed by atoms with E-state index in [4.69, 9.17) is 5.26 Å². The molecule has 4 heteroatoms. The van der Waals surface area contributed by atoms with Gasteiger partial charge in [0.1, 0.15) is 0 Å². The first-order valence-electron chi connectivity index (χ1n) is 6.20. The van der Waals surface area contributed by atoms with Gasteiger partial charge in [-0.2, -0.15) is 5.26 Å². The molecule has 94 valence electrons. The largest absolute Gasteiger partial charge is 0.384 e. The molecule has 4 nitrogen and oxygen atoms in total. The Balaban J connectivity index is 1.97. The quantitative estimate of drug-likeness (QED) is 0.849. The average molecular weight is 243 g/mol. The number of hydrogen-bond acceptors (Lipinski definition) is 3. The van der Waals surface area contributed by atoms with Crippen LogP contribution in [0.4, 0.5) is 5.69 Å². The van der Waals surface area contributed by atoms with E-state index in [9.17, 15) is 4.79 Å². The molecule has 18 heavy (non-hydrogen) atoms. The maximum absolute atomic E-state index is 12.0. The molecule has 0 saturated heterocycles. The Morgan fingerprint density at radius 2 is 2.39 bits per heavy atom. The van der Waals surface area contributed by atoms with Gasteiger partial charge in [-0.3, -0.25) is 4.79 Å². The van der Waals surface area contributed by atoms with Gasteiger partial charge in [0.25, 0.3) is 0 Å². The Bertz CT molecular complexity index is 478. The van der Waals surface area contributed by atoms with Gasteiger partial charge >= 0.3 is 0 Å². The molecule has 0 spiro atoms. The Morgan fingerprint density at radius 3 is 3.17 bits per heavy atom. The van der Waals surface area contributed by atoms with Crippen molar-refractivity contribution in [2.24, 2.45) is 5.92 Å². The number of amides is 1. The minimum absolute atomic E-state index is 0.0275. The van der Waals surface area contributed by atoms with Crippen molar-refractivity contribution in [3.05, 3.63) is 29.8 Å². The van der Waals surface area contributed by atoms with Crippen LogP contribution < -0.4 is 10.6 Å². The second kappa shape index (κ2) is 5.54. The number of nitriles is 1. The lowest BCUT2D eigenvalue weighted by atomic mass is 9.93. The molecule has 2 atom stereocenters. The number of carbonyl (C=O) groups is 1. The van der Waals surface area contributed by atoms with Crippen molar-refractivity contribution in [3.8, 4) is 6.07 Å². The zero-order valence-corrected chi connectivity index (χ0v) is 10.4. The molecule has 0 saturated carbocycles. The summed E-state index contributed by atoms with van der Waals surface area (Å²) in [6, 6.07) is 10.0. The predicted octanol–water partition coefficient (Wildman–Crippen LogP) is 1.69. The highest BCUT2D eigenvalue weighted by molar-refractivity contribution is 5.81. The summed E-state index contributed by atoms with van der Waals surface area (Å²) in [4.78, 5) is 12.0. The summed E-state index contributed by atoms with van der Waals surface area (Å²) < 4.78 is 0. The number of nitrogens with one attached hydrogen (secondary N) is 2. The lowest BCUT2D eigenvalue weighted by Crippen LogP contribution is -2.41. The number of anilines is 1. The van der Waals surface area contributed by atoms with Crippen LogP contribution in [0.2, 0.25) is 0 Å². The maximum atomic E-state index is 12.0. The standard InChI is InChI=1S/C14H17N3O/c1-10(6-7-15)17-14(18)12-8-11-4-2-3-5-13(11)16-9-12/h2-5,10,12,16H,6,8-9H2,1H3,(H,17,18). The van der Waals surface area contributed by atoms with Crippen molar-refractivity contribution in [2.45, 2.75) is 25.8 Å². The van der Waals surface area contributed by atoms with E-state index < -0.39 is 0 Å². The topological polar surface area (TPSA) is 64.9 Å². The van der Waals surface area contributed by atoms with Crippen LogP contribution in [0.5, 0.6) is 0 Å². The minimum atomic E-state index is -0.0836. The molecule has 1 amide bonds. The molecule has 0 aromatic heterocycles. The summed E-state index contributed by atoms with van der Waals surface area (Å²) in [6.45, 7) is 2.51. The van der Waals surface area contributed by atoms with Crippen molar-refractivity contribution >= 4 is 11.6 Å². The highest BCUT2D eigenvalue weighted by Crippen LogP contribution is 2.24. The molecule has 0 fully saturated rings. The lowest BCUT2D eigenvalue weighted by molar-refractivity contribution is -0.125. The molecular formula is C14H17N3O. The Hall–Kier alpha value is -2.02. The third-order valence-electron chi connectivity index (χ3n) is 3.18. The summed E-state index contributed by atoms with van der Waals surface area (Å²) in [6.07, 6.45) is 1.11. The van der Waals surface area contributed by atoms with Gasteiger partial charge in [-0.05, 0) is 25.0 Å². The van der Waals surface area contributed by atoms with Crippen molar-refractivity contribution < 1.29 is 4.79 Å². The van der Waals surface area contributed by atoms with Crippen LogP contribution in [0.15, 0.2) is 24.3 Å². The SMILES string of the molecule is CC(CC#N)NC(=O)C1CNc2ccccc2C1. The summed E-state index contributed by atoms with van der Waals surface area (Å²) >= 11 is 0. The van der Waals surface area contributed by atoms with Gasteiger partial charge < -0.3 is 10.6 Å². The van der Waals surface area contributed by atoms with Crippen molar-refractivity contribution in [2.75, 3.05) is 11.9 Å². The number of rotatable bonds is 3. The first kappa shape index (κ1) is 12.4. The van der Waals surface area contributed by atoms with Crippen molar-refractivity contribution in [3.63, 3.8) is 0 Å². The van der Waals surface area contributed by atoms with Gasteiger partial charge in [0.05, 0.1) is 18.4 Å². The number of para-hydroxylation sites is 1. The Kier molecular flexibility index (Phi) is 3.83. The Morgan fingerprint density at radius 1 is 1.61 bits per heavy atom. The fourth-order valence-electron chi connectivity index (χ4n) is 2.18. The predicted molar refractivity (Wildman–Crippen MR) is 70.0 cm³/mol. The van der Waals surface area contributed by atoms with Crippen LogP contribution in [-0.2, 0) is 11.2 Å². The second-order valence-corrected chi connectivity index (χ2v) is 4.71. The summed E-state index contributed by atoms with van der Waals surface area (Å²) in [5.41, 5.74) is 2.29. The van der Waals surface area contributed by atoms with Gasteiger partial charge in [-0.25, -0.2) is 0 Å². The van der Waals surface area contributed by atoms with Crippen LogP contribution in [0.25, 0.3) is 0 Å². The zero-order chi connectivity index (χ0) is 13.0. The van der Waals surface area contributed by atoms with E-state index in [0.29, 0.717) is 13.0 Å². The van der Waals surface area contributed by atoms with Gasteiger partial charge in [0.2, 0.25) is 5.91 Å². The fraction of sp³-hybridized carbons (Fsp3) is 0.429. The number of fused-ring (bicyclic) bond motifs is 1. The molecule has 2 N–H and O–H groups in total. The van der Waals surface area contributed by atoms with Crippen LogP contribution in [0.3, 0.4) is 0 Å². The van der Waals surface area contributed by atoms with Crippen LogP contribution >= 0.6 is 0 Å². The molecule has 1 heterocycles. The number of hydrogen-bond donors (Lipinski definition) is 2. The summed E-state index contributed by atoms with van der Waals surface area (Å²) in [5, 5.41) is 14.7. The number of carbonyl (C=O) groups excluding carboxylic acids is 1. The summed E-state index contributed by atoms with van der Waals surface area (Å²) in [5.74, 6) is -0.0270. The van der Waals surface area contributed by atoms with E-state index >= 15 is 0 Å². The molecule has 0 bridgehead atoms. The van der Waals surface area contributed by atoms with Crippen LogP contribution in [0, 0.1) is 17.2 Å². The fourth-order valence-corrected chi connectivity index (χ4v) is 2.18. The molecule has 1 aromatic carbocycles. The molecule has 2 unspecified atom stereocenters. The molecule has 1 aromatic rings. The highest BCUT2D eigenvalue weighted by atomic mass is 16.1. The van der Waals surface area contributed by atoms with E-state index in [1.165, 1.54) is 5.56 Å². The number of benzene rings is 1. The van der Waals surface area contributed by atoms with Gasteiger partial charge in [-0.15, -0.1) is 0 Å². The monoisotopic (exact) mass is 243 g/mol. The van der Waals surface area contributed by atoms with E-state index in [0.717, 1.165) is 12.1 Å².